The molecule has 1 heterocycles. The summed E-state index contributed by atoms with van der Waals surface area (Å²) in [5, 5.41) is 0. The number of carbonyl (C=O) groups is 2. The summed E-state index contributed by atoms with van der Waals surface area (Å²) in [6, 6.07) is 8.78. The fourth-order valence-corrected chi connectivity index (χ4v) is 3.38. The number of nitrogens with zero attached hydrogens (tertiary/aromatic N) is 1. The van der Waals surface area contributed by atoms with Gasteiger partial charge in [0.1, 0.15) is 11.5 Å². The van der Waals surface area contributed by atoms with E-state index in [-0.39, 0.29) is 40.5 Å². The molecule has 6 nitrogen and oxygen atoms in total. The molecular weight excluding hydrogens is 413 g/mol. The minimum absolute atomic E-state index is 0.200. The lowest BCUT2D eigenvalue weighted by Crippen LogP contribution is -2.40. The van der Waals surface area contributed by atoms with Gasteiger partial charge < -0.3 is 20.1 Å². The summed E-state index contributed by atoms with van der Waals surface area (Å²) in [4.78, 5) is 26.4. The van der Waals surface area contributed by atoms with Crippen LogP contribution in [-0.4, -0.2) is 36.5 Å². The van der Waals surface area contributed by atoms with Gasteiger partial charge in [-0.05, 0) is 62.2 Å². The molecule has 0 unspecified atom stereocenters. The van der Waals surface area contributed by atoms with Gasteiger partial charge in [-0.3, -0.25) is 9.59 Å². The molecule has 1 amide bonds. The number of hydrogen-bond acceptors (Lipinski definition) is 5. The molecule has 0 saturated carbocycles. The van der Waals surface area contributed by atoms with Crippen LogP contribution in [0.2, 0.25) is 0 Å². The molecule has 2 N–H and O–H groups in total. The number of rotatable bonds is 5. The van der Waals surface area contributed by atoms with Crippen molar-refractivity contribution in [3.8, 4) is 11.5 Å². The summed E-state index contributed by atoms with van der Waals surface area (Å²) in [5.41, 5.74) is 5.69. The second kappa shape index (κ2) is 9.28. The molecule has 166 valence electrons. The third-order valence-corrected chi connectivity index (χ3v) is 5.07. The van der Waals surface area contributed by atoms with Gasteiger partial charge in [-0.1, -0.05) is 0 Å². The van der Waals surface area contributed by atoms with E-state index in [0.29, 0.717) is 32.5 Å². The minimum Gasteiger partial charge on any atom is -0.466 e. The number of anilines is 1. The second-order valence-corrected chi connectivity index (χ2v) is 7.19. The van der Waals surface area contributed by atoms with E-state index in [1.165, 1.54) is 30.3 Å². The van der Waals surface area contributed by atoms with Crippen molar-refractivity contribution in [3.05, 3.63) is 53.6 Å². The third-order valence-electron chi connectivity index (χ3n) is 5.07. The molecule has 0 bridgehead atoms. The quantitative estimate of drug-likeness (QED) is 0.552. The van der Waals surface area contributed by atoms with Gasteiger partial charge >= 0.3 is 12.1 Å². The monoisotopic (exact) mass is 436 g/mol. The Labute approximate surface area is 177 Å². The topological polar surface area (TPSA) is 81.9 Å². The number of alkyl halides is 3. The first-order chi connectivity index (χ1) is 14.7. The summed E-state index contributed by atoms with van der Waals surface area (Å²) in [6.45, 7) is 2.86. The van der Waals surface area contributed by atoms with Gasteiger partial charge in [0.05, 0.1) is 23.7 Å². The highest BCUT2D eigenvalue weighted by molar-refractivity contribution is 5.99. The van der Waals surface area contributed by atoms with Crippen molar-refractivity contribution < 1.29 is 32.2 Å². The van der Waals surface area contributed by atoms with Gasteiger partial charge in [0.2, 0.25) is 0 Å². The Morgan fingerprint density at radius 2 is 1.68 bits per heavy atom. The van der Waals surface area contributed by atoms with E-state index in [9.17, 15) is 22.8 Å². The summed E-state index contributed by atoms with van der Waals surface area (Å²) < 4.78 is 48.7. The highest BCUT2D eigenvalue weighted by Gasteiger charge is 2.31. The van der Waals surface area contributed by atoms with E-state index in [0.717, 1.165) is 12.1 Å². The number of esters is 1. The van der Waals surface area contributed by atoms with Gasteiger partial charge in [-0.2, -0.15) is 13.2 Å². The first kappa shape index (κ1) is 22.5. The van der Waals surface area contributed by atoms with Crippen LogP contribution in [0.4, 0.5) is 18.9 Å². The highest BCUT2D eigenvalue weighted by atomic mass is 19.4. The Morgan fingerprint density at radius 3 is 2.26 bits per heavy atom. The molecule has 0 spiro atoms. The molecule has 0 aliphatic carbocycles. The number of piperidine rings is 1. The van der Waals surface area contributed by atoms with E-state index in [1.807, 2.05) is 0 Å². The maximum Gasteiger partial charge on any atom is 0.416 e. The zero-order valence-electron chi connectivity index (χ0n) is 16.9. The molecule has 1 aliphatic heterocycles. The standard InChI is InChI=1S/C22H23F3N2O4/c1-2-30-21(29)14-9-11-27(12-10-14)20(28)18-13-17(7-8-19(18)26)31-16-5-3-15(4-6-16)22(23,24)25/h3-8,13-14H,2,9-12,26H2,1H3. The van der Waals surface area contributed by atoms with Crippen LogP contribution < -0.4 is 10.5 Å². The molecule has 1 fully saturated rings. The molecular formula is C22H23F3N2O4. The third kappa shape index (κ3) is 5.48. The van der Waals surface area contributed by atoms with Crippen LogP contribution in [-0.2, 0) is 15.7 Å². The van der Waals surface area contributed by atoms with Crippen LogP contribution in [0.5, 0.6) is 11.5 Å². The van der Waals surface area contributed by atoms with Gasteiger partial charge in [0.15, 0.2) is 0 Å². The zero-order chi connectivity index (χ0) is 22.6. The maximum atomic E-state index is 12.9. The largest absolute Gasteiger partial charge is 0.466 e. The van der Waals surface area contributed by atoms with Crippen LogP contribution in [0.1, 0.15) is 35.7 Å². The molecule has 0 aromatic heterocycles. The van der Waals surface area contributed by atoms with Gasteiger partial charge in [-0.15, -0.1) is 0 Å². The zero-order valence-corrected chi connectivity index (χ0v) is 16.9. The highest BCUT2D eigenvalue weighted by Crippen LogP contribution is 2.32. The lowest BCUT2D eigenvalue weighted by atomic mass is 9.96. The fourth-order valence-electron chi connectivity index (χ4n) is 3.38. The number of nitrogens with two attached hydrogens (primary N) is 1. The van der Waals surface area contributed by atoms with Crippen LogP contribution in [0.3, 0.4) is 0 Å². The second-order valence-electron chi connectivity index (χ2n) is 7.19. The molecule has 1 aliphatic rings. The Morgan fingerprint density at radius 1 is 1.06 bits per heavy atom. The predicted molar refractivity (Wildman–Crippen MR) is 108 cm³/mol. The first-order valence-electron chi connectivity index (χ1n) is 9.89. The van der Waals surface area contributed by atoms with Gasteiger partial charge in [0.25, 0.3) is 5.91 Å². The van der Waals surface area contributed by atoms with Crippen LogP contribution in [0, 0.1) is 5.92 Å². The van der Waals surface area contributed by atoms with E-state index < -0.39 is 11.7 Å². The van der Waals surface area contributed by atoms with E-state index >= 15 is 0 Å². The minimum atomic E-state index is -4.43. The van der Waals surface area contributed by atoms with Crippen molar-refractivity contribution in [1.29, 1.82) is 0 Å². The molecule has 3 rings (SSSR count). The smallest absolute Gasteiger partial charge is 0.416 e. The Bertz CT molecular complexity index is 937. The molecule has 1 saturated heterocycles. The average molecular weight is 436 g/mol. The summed E-state index contributed by atoms with van der Waals surface area (Å²) >= 11 is 0. The summed E-state index contributed by atoms with van der Waals surface area (Å²) in [6.07, 6.45) is -3.42. The van der Waals surface area contributed by atoms with Crippen LogP contribution in [0.25, 0.3) is 0 Å². The van der Waals surface area contributed by atoms with Crippen LogP contribution in [0.15, 0.2) is 42.5 Å². The molecule has 0 atom stereocenters. The van der Waals surface area contributed by atoms with E-state index in [2.05, 4.69) is 0 Å². The van der Waals surface area contributed by atoms with E-state index in [1.54, 1.807) is 11.8 Å². The lowest BCUT2D eigenvalue weighted by Gasteiger charge is -2.31. The fraction of sp³-hybridized carbons (Fsp3) is 0.364. The first-order valence-corrected chi connectivity index (χ1v) is 9.89. The number of amides is 1. The van der Waals surface area contributed by atoms with Gasteiger partial charge in [0, 0.05) is 18.8 Å². The van der Waals surface area contributed by atoms with Crippen molar-refractivity contribution in [1.82, 2.24) is 4.90 Å². The number of carbonyl (C=O) groups excluding carboxylic acids is 2. The van der Waals surface area contributed by atoms with E-state index in [4.69, 9.17) is 15.2 Å². The van der Waals surface area contributed by atoms with Crippen molar-refractivity contribution in [2.75, 3.05) is 25.4 Å². The number of hydrogen-bond donors (Lipinski definition) is 1. The van der Waals surface area contributed by atoms with Crippen molar-refractivity contribution in [2.45, 2.75) is 25.9 Å². The molecule has 31 heavy (non-hydrogen) atoms. The number of likely N-dealkylation sites (tertiary alicyclic amines) is 1. The van der Waals surface area contributed by atoms with Gasteiger partial charge in [-0.25, -0.2) is 0 Å². The maximum absolute atomic E-state index is 12.9. The molecule has 9 heteroatoms. The van der Waals surface area contributed by atoms with Crippen molar-refractivity contribution in [2.24, 2.45) is 5.92 Å². The van der Waals surface area contributed by atoms with Crippen LogP contribution >= 0.6 is 0 Å². The number of halogens is 3. The summed E-state index contributed by atoms with van der Waals surface area (Å²) in [7, 11) is 0. The Balaban J connectivity index is 1.68. The van der Waals surface area contributed by atoms with Crippen molar-refractivity contribution in [3.63, 3.8) is 0 Å². The van der Waals surface area contributed by atoms with Crippen molar-refractivity contribution >= 4 is 17.6 Å². The molecule has 2 aromatic carbocycles. The SMILES string of the molecule is CCOC(=O)C1CCN(C(=O)c2cc(Oc3ccc(C(F)(F)F)cc3)ccc2N)CC1. The lowest BCUT2D eigenvalue weighted by molar-refractivity contribution is -0.149. The summed E-state index contributed by atoms with van der Waals surface area (Å²) in [5.74, 6) is -0.292. The normalized spacial score (nSPS) is 14.9. The Kier molecular flexibility index (Phi) is 6.72. The Hall–Kier alpha value is -3.23. The number of ether oxygens (including phenoxy) is 2. The molecule has 0 radical (unpaired) electrons. The predicted octanol–water partition coefficient (Wildman–Crippen LogP) is 4.50. The number of nitrogen functional groups attached to an aromatic ring is 1. The number of benzene rings is 2. The molecule has 2 aromatic rings. The average Bonchev–Trinajstić information content (AvgIpc) is 2.74.